The summed E-state index contributed by atoms with van der Waals surface area (Å²) in [5, 5.41) is 57.1. The largest absolute Gasteiger partial charge is 1.00 e. The summed E-state index contributed by atoms with van der Waals surface area (Å²) in [7, 11) is -15.6. The number of hydrogen-bond acceptors (Lipinski definition) is 23. The normalized spacial score (nSPS) is 10.3. The predicted molar refractivity (Wildman–Crippen MR) is 330 cm³/mol. The Bertz CT molecular complexity index is 3800. The van der Waals surface area contributed by atoms with Crippen LogP contribution in [0.15, 0.2) is 184 Å². The third-order valence-electron chi connectivity index (χ3n) is 9.41. The molecule has 0 spiro atoms. The molecule has 0 fully saturated rings. The molecule has 0 aromatic heterocycles. The molecule has 0 aliphatic heterocycles. The van der Waals surface area contributed by atoms with Crippen LogP contribution in [0.1, 0.15) is 47.1 Å². The van der Waals surface area contributed by atoms with Gasteiger partial charge in [0.05, 0.1) is 61.6 Å². The summed E-state index contributed by atoms with van der Waals surface area (Å²) >= 11 is 6.51. The summed E-state index contributed by atoms with van der Waals surface area (Å²) in [5.74, 6) is -13.2. The third kappa shape index (κ3) is 45.2. The molecule has 4 rings (SSSR count). The molecular formula is C58H64ClKN3Na3O23S5. The quantitative estimate of drug-likeness (QED) is 0.0120. The van der Waals surface area contributed by atoms with Gasteiger partial charge in [0.15, 0.2) is 29.5 Å². The topological polar surface area (TPSA) is 448 Å². The molecular weight excluding hydrogens is 1410 g/mol. The number of esters is 1. The molecule has 0 aliphatic carbocycles. The van der Waals surface area contributed by atoms with Gasteiger partial charge < -0.3 is 65.4 Å². The van der Waals surface area contributed by atoms with E-state index in [9.17, 15) is 97.2 Å². The second kappa shape index (κ2) is 50.0. The van der Waals surface area contributed by atoms with Gasteiger partial charge in [0.25, 0.3) is 17.7 Å². The number of amides is 3. The van der Waals surface area contributed by atoms with Crippen LogP contribution in [-0.4, -0.2) is 132 Å². The fourth-order valence-electron chi connectivity index (χ4n) is 5.14. The number of carbonyl (C=O) groups excluding carboxylic acids is 8. The van der Waals surface area contributed by atoms with E-state index in [4.69, 9.17) is 16.7 Å². The van der Waals surface area contributed by atoms with E-state index in [1.165, 1.54) is 98.8 Å². The molecule has 0 bridgehead atoms. The second-order valence-electron chi connectivity index (χ2n) is 18.3. The summed E-state index contributed by atoms with van der Waals surface area (Å²) in [5.41, 5.74) is 4.52. The molecule has 4 aromatic carbocycles. The summed E-state index contributed by atoms with van der Waals surface area (Å²) in [6, 6.07) is 22.8. The molecule has 0 aliphatic rings. The molecule has 3 amide bonds. The Morgan fingerprint density at radius 3 is 1.11 bits per heavy atom. The number of sulfone groups is 4. The van der Waals surface area contributed by atoms with Crippen LogP contribution in [0, 0.1) is 0 Å². The zero-order chi connectivity index (χ0) is 70.1. The SMILES string of the molecule is C=C(C)C.C=C(C)C(=O)Nc1ccc(S(=O)(=O)C(Cl)C(=O)O)cc1.C=C(C)C(=O)Nc1ccc(S(=O)(=O)CC(=O)[O-])cc1.C=C(C)C(=O)Nc1ccc(SCC(=O)[O-])cc1.C=C(C)C(=O)OCCS(=O)(=O)CC(=O)[O-].C=Cc1ccc(S(=O)(=O)CC(=O)[O-])cc1.[K+].[Na+].[Na+].[Na+]. The molecule has 36 heteroatoms. The van der Waals surface area contributed by atoms with Gasteiger partial charge in [0.1, 0.15) is 6.61 Å². The number of nitrogens with one attached hydrogen (secondary N) is 3. The molecule has 0 saturated heterocycles. The van der Waals surface area contributed by atoms with Gasteiger partial charge in [-0.3, -0.25) is 14.4 Å². The van der Waals surface area contributed by atoms with E-state index in [1.807, 2.05) is 13.8 Å². The van der Waals surface area contributed by atoms with Crippen LogP contribution in [0.3, 0.4) is 0 Å². The van der Waals surface area contributed by atoms with Crippen molar-refractivity contribution in [3.05, 3.63) is 170 Å². The van der Waals surface area contributed by atoms with Gasteiger partial charge in [-0.15, -0.1) is 18.3 Å². The summed E-state index contributed by atoms with van der Waals surface area (Å²) < 4.78 is 93.9. The Hall–Kier alpha value is -4.37. The average molecular weight is 1480 g/mol. The maximum absolute atomic E-state index is 11.8. The first-order valence-electron chi connectivity index (χ1n) is 24.9. The number of carboxylic acids is 5. The number of hydrogen-bond donors (Lipinski definition) is 4. The molecule has 26 nitrogen and oxygen atoms in total. The van der Waals surface area contributed by atoms with E-state index < -0.39 is 109 Å². The number of halogens is 1. The van der Waals surface area contributed by atoms with E-state index in [0.29, 0.717) is 33.8 Å². The third-order valence-corrected chi connectivity index (χ3v) is 17.6. The molecule has 94 heavy (non-hydrogen) atoms. The predicted octanol–water partition coefficient (Wildman–Crippen LogP) is -9.89. The van der Waals surface area contributed by atoms with Gasteiger partial charge in [0.2, 0.25) is 14.5 Å². The standard InChI is InChI=1S/C12H12ClNO5S.C12H13NO5S.C12H13NO3S.C10H10O4S.C8H12O6S.C4H8.K.3Na/c1-7(2)11(15)14-8-3-5-9(6-4-8)20(18,19)10(13)12(16)17;1-8(2)12(16)13-9-3-5-10(6-4-9)19(17,18)7-11(14)15;1-8(2)12(16)13-9-3-5-10(6-4-9)17-7-11(14)15;1-2-8-3-5-9(6-4-8)15(13,14)7-10(11)12;1-6(2)8(11)14-3-4-15(12,13)5-7(9)10;1-4(2)3;;;;/h3-6,10H,1H2,2H3,(H,14,15)(H,16,17);3-6H,1,7H2,2H3,(H,13,16)(H,14,15);3-6H,1,7H2,2H3,(H,13,16)(H,14,15);2-6H,1,7H2,(H,11,12);1,3-5H2,2H3,(H,9,10);1H2,2-3H3;;;;/q;;;;;;4*+1/p-4. The Kier molecular flexibility index (Phi) is 53.6. The number of benzene rings is 4. The van der Waals surface area contributed by atoms with Crippen molar-refractivity contribution in [2.24, 2.45) is 0 Å². The first-order valence-corrected chi connectivity index (χ1v) is 33.0. The van der Waals surface area contributed by atoms with Crippen molar-refractivity contribution in [1.29, 1.82) is 0 Å². The average Bonchev–Trinajstić information content (AvgIpc) is 0.873. The minimum Gasteiger partial charge on any atom is -0.549 e. The van der Waals surface area contributed by atoms with Crippen molar-refractivity contribution in [2.45, 2.75) is 65.8 Å². The fourth-order valence-corrected chi connectivity index (χ4v) is 9.98. The van der Waals surface area contributed by atoms with Gasteiger partial charge in [-0.1, -0.05) is 68.3 Å². The first kappa shape index (κ1) is 101. The minimum atomic E-state index is -4.16. The number of alkyl halides is 1. The van der Waals surface area contributed by atoms with Gasteiger partial charge in [-0.2, -0.15) is 0 Å². The van der Waals surface area contributed by atoms with Crippen LogP contribution >= 0.6 is 23.4 Å². The van der Waals surface area contributed by atoms with Crippen LogP contribution in [0.4, 0.5) is 17.1 Å². The van der Waals surface area contributed by atoms with Crippen LogP contribution in [0.5, 0.6) is 0 Å². The smallest absolute Gasteiger partial charge is 0.549 e. The molecule has 490 valence electrons. The molecule has 0 saturated carbocycles. The van der Waals surface area contributed by atoms with Crippen LogP contribution in [0.25, 0.3) is 6.08 Å². The summed E-state index contributed by atoms with van der Waals surface area (Å²) in [4.78, 5) is 96.6. The van der Waals surface area contributed by atoms with Gasteiger partial charge in [-0.25, -0.2) is 43.3 Å². The molecule has 4 aromatic rings. The number of ether oxygens (including phenoxy) is 1. The number of rotatable bonds is 25. The van der Waals surface area contributed by atoms with Crippen molar-refractivity contribution in [2.75, 3.05) is 51.3 Å². The van der Waals surface area contributed by atoms with Crippen molar-refractivity contribution < 1.29 is 247 Å². The second-order valence-corrected chi connectivity index (χ2v) is 28.2. The van der Waals surface area contributed by atoms with Crippen molar-refractivity contribution in [1.82, 2.24) is 0 Å². The maximum atomic E-state index is 11.8. The summed E-state index contributed by atoms with van der Waals surface area (Å²) in [6.45, 7) is 30.5. The number of carbonyl (C=O) groups is 9. The van der Waals surface area contributed by atoms with E-state index in [2.05, 4.69) is 60.2 Å². The molecule has 0 heterocycles. The molecule has 1 unspecified atom stereocenters. The van der Waals surface area contributed by atoms with Crippen LogP contribution in [-0.2, 0) is 87.2 Å². The van der Waals surface area contributed by atoms with Crippen molar-refractivity contribution >= 4 is 139 Å². The number of thioether (sulfide) groups is 1. The van der Waals surface area contributed by atoms with E-state index in [0.717, 1.165) is 10.5 Å². The first-order chi connectivity index (χ1) is 41.3. The zero-order valence-corrected chi connectivity index (χ0v) is 67.2. The van der Waals surface area contributed by atoms with Gasteiger partial charge >= 0.3 is 152 Å². The van der Waals surface area contributed by atoms with E-state index in [-0.39, 0.29) is 184 Å². The molecule has 4 N–H and O–H groups in total. The Labute approximate surface area is 664 Å². The van der Waals surface area contributed by atoms with Crippen molar-refractivity contribution in [3.8, 4) is 0 Å². The minimum absolute atomic E-state index is 0. The van der Waals surface area contributed by atoms with Crippen molar-refractivity contribution in [3.63, 3.8) is 0 Å². The number of anilines is 3. The maximum Gasteiger partial charge on any atom is 1.00 e. The number of aliphatic carboxylic acids is 5. The van der Waals surface area contributed by atoms with E-state index in [1.54, 1.807) is 49.4 Å². The van der Waals surface area contributed by atoms with Gasteiger partial charge in [-0.05, 0) is 132 Å². The van der Waals surface area contributed by atoms with E-state index >= 15 is 0 Å². The number of carboxylic acid groups (broad SMARTS) is 5. The fraction of sp³-hybridized carbons (Fsp3) is 0.224. The molecule has 1 atom stereocenters. The van der Waals surface area contributed by atoms with Crippen LogP contribution < -0.4 is 176 Å². The molecule has 0 radical (unpaired) electrons. The Morgan fingerprint density at radius 1 is 0.521 bits per heavy atom. The Balaban J connectivity index is -0.000000252. The van der Waals surface area contributed by atoms with Crippen LogP contribution in [0.2, 0.25) is 0 Å². The van der Waals surface area contributed by atoms with Gasteiger partial charge in [0, 0.05) is 50.0 Å². The Morgan fingerprint density at radius 2 is 0.830 bits per heavy atom. The summed E-state index contributed by atoms with van der Waals surface area (Å²) in [6.07, 6.45) is 1.56. The number of allylic oxidation sites excluding steroid dienone is 1. The monoisotopic (exact) mass is 1470 g/mol. The zero-order valence-electron chi connectivity index (χ0n) is 53.2.